The fourth-order valence-electron chi connectivity index (χ4n) is 2.41. The largest absolute Gasteiger partial charge is 0.493 e. The lowest BCUT2D eigenvalue weighted by atomic mass is 10.0. The van der Waals surface area contributed by atoms with Gasteiger partial charge >= 0.3 is 0 Å². The highest BCUT2D eigenvalue weighted by atomic mass is 32.1. The Morgan fingerprint density at radius 2 is 2.08 bits per heavy atom. The van der Waals surface area contributed by atoms with E-state index in [1.54, 1.807) is 25.6 Å². The Balaban J connectivity index is 2.09. The number of hydrogen-bond donors (Lipinski definition) is 1. The fraction of sp³-hybridized carbons (Fsp3) is 0.389. The second kappa shape index (κ2) is 9.95. The van der Waals surface area contributed by atoms with Crippen LogP contribution in [0.2, 0.25) is 0 Å². The molecule has 2 rings (SSSR count). The van der Waals surface area contributed by atoms with E-state index in [9.17, 15) is 4.79 Å². The first kappa shape index (κ1) is 18.3. The predicted octanol–water partition coefficient (Wildman–Crippen LogP) is 3.20. The van der Waals surface area contributed by atoms with Gasteiger partial charge in [-0.3, -0.25) is 4.79 Å². The molecule has 5 nitrogen and oxygen atoms in total. The quantitative estimate of drug-likeness (QED) is 0.500. The number of carbonyl (C=O) groups excluding carboxylic acids is 1. The predicted molar refractivity (Wildman–Crippen MR) is 94.9 cm³/mol. The van der Waals surface area contributed by atoms with Crippen LogP contribution in [0, 0.1) is 0 Å². The van der Waals surface area contributed by atoms with E-state index in [-0.39, 0.29) is 6.04 Å². The normalized spacial score (nSPS) is 11.8. The number of carbonyl (C=O) groups is 1. The maximum atomic E-state index is 10.9. The molecule has 0 bridgehead atoms. The van der Waals surface area contributed by atoms with Crippen LogP contribution >= 0.6 is 11.3 Å². The summed E-state index contributed by atoms with van der Waals surface area (Å²) in [4.78, 5) is 10.9. The molecule has 1 unspecified atom stereocenters. The van der Waals surface area contributed by atoms with E-state index in [2.05, 4.69) is 5.32 Å². The second-order valence-corrected chi connectivity index (χ2v) is 6.06. The van der Waals surface area contributed by atoms with E-state index in [0.29, 0.717) is 31.1 Å². The number of methoxy groups -OCH3 is 2. The van der Waals surface area contributed by atoms with Gasteiger partial charge in [0.25, 0.3) is 0 Å². The molecule has 1 N–H and O–H groups in total. The summed E-state index contributed by atoms with van der Waals surface area (Å²) in [5.74, 6) is 1.41. The van der Waals surface area contributed by atoms with E-state index in [0.717, 1.165) is 24.0 Å². The Bertz CT molecular complexity index is 615. The smallest absolute Gasteiger partial charge is 0.207 e. The van der Waals surface area contributed by atoms with Crippen LogP contribution in [-0.2, 0) is 16.0 Å². The van der Waals surface area contributed by atoms with Crippen molar-refractivity contribution in [2.75, 3.05) is 27.4 Å². The van der Waals surface area contributed by atoms with Gasteiger partial charge in [-0.15, -0.1) is 0 Å². The number of thiophene rings is 1. The molecule has 0 spiro atoms. The van der Waals surface area contributed by atoms with Gasteiger partial charge in [0.15, 0.2) is 11.5 Å². The van der Waals surface area contributed by atoms with Crippen LogP contribution in [0.1, 0.15) is 23.6 Å². The van der Waals surface area contributed by atoms with Crippen molar-refractivity contribution < 1.29 is 19.0 Å². The Morgan fingerprint density at radius 1 is 1.21 bits per heavy atom. The third-order valence-electron chi connectivity index (χ3n) is 3.63. The van der Waals surface area contributed by atoms with E-state index >= 15 is 0 Å². The molecule has 0 aliphatic carbocycles. The minimum absolute atomic E-state index is 0.0523. The van der Waals surface area contributed by atoms with Crippen LogP contribution in [0.15, 0.2) is 35.0 Å². The summed E-state index contributed by atoms with van der Waals surface area (Å²) in [5, 5.41) is 6.93. The topological polar surface area (TPSA) is 56.8 Å². The first-order valence-electron chi connectivity index (χ1n) is 7.79. The molecule has 6 heteroatoms. The van der Waals surface area contributed by atoms with Gasteiger partial charge in [-0.05, 0) is 46.5 Å². The van der Waals surface area contributed by atoms with Crippen LogP contribution in [0.3, 0.4) is 0 Å². The van der Waals surface area contributed by atoms with Crippen molar-refractivity contribution in [3.63, 3.8) is 0 Å². The van der Waals surface area contributed by atoms with Gasteiger partial charge in [0.2, 0.25) is 6.41 Å². The summed E-state index contributed by atoms with van der Waals surface area (Å²) in [5.41, 5.74) is 2.17. The van der Waals surface area contributed by atoms with Crippen LogP contribution in [0.5, 0.6) is 11.5 Å². The van der Waals surface area contributed by atoms with Gasteiger partial charge in [0, 0.05) is 20.1 Å². The molecule has 1 aromatic carbocycles. The van der Waals surface area contributed by atoms with Crippen LogP contribution in [0.25, 0.3) is 0 Å². The summed E-state index contributed by atoms with van der Waals surface area (Å²) in [6.45, 7) is 1.22. The lowest BCUT2D eigenvalue weighted by molar-refractivity contribution is -0.110. The van der Waals surface area contributed by atoms with Crippen molar-refractivity contribution in [1.82, 2.24) is 5.32 Å². The molecule has 0 saturated heterocycles. The monoisotopic (exact) mass is 349 g/mol. The third kappa shape index (κ3) is 5.25. The zero-order valence-corrected chi connectivity index (χ0v) is 14.8. The molecule has 0 saturated carbocycles. The van der Waals surface area contributed by atoms with Crippen LogP contribution in [-0.4, -0.2) is 33.8 Å². The van der Waals surface area contributed by atoms with Gasteiger partial charge in [0.05, 0.1) is 19.8 Å². The van der Waals surface area contributed by atoms with E-state index in [1.807, 2.05) is 35.0 Å². The SMILES string of the molecule is COCCCOc1cc(CC(NC=O)c2ccsc2)ccc1OC. The van der Waals surface area contributed by atoms with Gasteiger partial charge in [-0.2, -0.15) is 11.3 Å². The fourth-order valence-corrected chi connectivity index (χ4v) is 3.12. The summed E-state index contributed by atoms with van der Waals surface area (Å²) >= 11 is 1.62. The molecule has 1 aromatic heterocycles. The second-order valence-electron chi connectivity index (χ2n) is 5.28. The zero-order chi connectivity index (χ0) is 17.2. The molecular weight excluding hydrogens is 326 g/mol. The van der Waals surface area contributed by atoms with Gasteiger partial charge in [-0.25, -0.2) is 0 Å². The minimum Gasteiger partial charge on any atom is -0.493 e. The van der Waals surface area contributed by atoms with Crippen molar-refractivity contribution in [3.05, 3.63) is 46.2 Å². The number of nitrogens with one attached hydrogen (secondary N) is 1. The molecule has 0 radical (unpaired) electrons. The minimum atomic E-state index is -0.0523. The molecule has 24 heavy (non-hydrogen) atoms. The lowest BCUT2D eigenvalue weighted by Gasteiger charge is -2.17. The zero-order valence-electron chi connectivity index (χ0n) is 14.0. The molecule has 130 valence electrons. The number of amides is 1. The number of benzene rings is 1. The van der Waals surface area contributed by atoms with E-state index in [1.165, 1.54) is 0 Å². The first-order chi connectivity index (χ1) is 11.8. The van der Waals surface area contributed by atoms with E-state index < -0.39 is 0 Å². The molecule has 2 aromatic rings. The van der Waals surface area contributed by atoms with Crippen LogP contribution < -0.4 is 14.8 Å². The Labute approximate surface area is 146 Å². The Kier molecular flexibility index (Phi) is 7.58. The molecule has 1 atom stereocenters. The van der Waals surface area contributed by atoms with Gasteiger partial charge < -0.3 is 19.5 Å². The highest BCUT2D eigenvalue weighted by molar-refractivity contribution is 7.07. The molecule has 0 aliphatic rings. The summed E-state index contributed by atoms with van der Waals surface area (Å²) < 4.78 is 16.2. The molecular formula is C18H23NO4S. The first-order valence-corrected chi connectivity index (χ1v) is 8.73. The number of rotatable bonds is 11. The number of ether oxygens (including phenoxy) is 3. The van der Waals surface area contributed by atoms with E-state index in [4.69, 9.17) is 14.2 Å². The van der Waals surface area contributed by atoms with Crippen molar-refractivity contribution in [3.8, 4) is 11.5 Å². The molecule has 0 fully saturated rings. The third-order valence-corrected chi connectivity index (χ3v) is 4.33. The van der Waals surface area contributed by atoms with Crippen molar-refractivity contribution in [2.24, 2.45) is 0 Å². The molecule has 0 aliphatic heterocycles. The van der Waals surface area contributed by atoms with Gasteiger partial charge in [-0.1, -0.05) is 6.07 Å². The average molecular weight is 349 g/mol. The Morgan fingerprint density at radius 3 is 2.75 bits per heavy atom. The molecule has 1 heterocycles. The summed E-state index contributed by atoms with van der Waals surface area (Å²) in [6, 6.07) is 7.83. The highest BCUT2D eigenvalue weighted by Crippen LogP contribution is 2.30. The number of hydrogen-bond acceptors (Lipinski definition) is 5. The maximum absolute atomic E-state index is 10.9. The average Bonchev–Trinajstić information content (AvgIpc) is 3.13. The maximum Gasteiger partial charge on any atom is 0.207 e. The standard InChI is InChI=1S/C18H23NO4S/c1-21-7-3-8-23-18-11-14(4-5-17(18)22-2)10-16(19-13-20)15-6-9-24-12-15/h4-6,9,11-13,16H,3,7-8,10H2,1-2H3,(H,19,20). The van der Waals surface area contributed by atoms with Crippen molar-refractivity contribution >= 4 is 17.7 Å². The highest BCUT2D eigenvalue weighted by Gasteiger charge is 2.14. The van der Waals surface area contributed by atoms with Crippen molar-refractivity contribution in [2.45, 2.75) is 18.9 Å². The summed E-state index contributed by atoms with van der Waals surface area (Å²) in [7, 11) is 3.30. The van der Waals surface area contributed by atoms with Crippen LogP contribution in [0.4, 0.5) is 0 Å². The Hall–Kier alpha value is -2.05. The lowest BCUT2D eigenvalue weighted by Crippen LogP contribution is -2.21. The summed E-state index contributed by atoms with van der Waals surface area (Å²) in [6.07, 6.45) is 2.25. The molecule has 1 amide bonds. The van der Waals surface area contributed by atoms with Crippen molar-refractivity contribution in [1.29, 1.82) is 0 Å². The van der Waals surface area contributed by atoms with Gasteiger partial charge in [0.1, 0.15) is 0 Å².